The molecule has 108 valence electrons. The number of nitrogens with one attached hydrogen (secondary N) is 2. The second-order valence-electron chi connectivity index (χ2n) is 4.80. The van der Waals surface area contributed by atoms with Crippen LogP contribution in [0.5, 0.6) is 0 Å². The topological polar surface area (TPSA) is 49.8 Å². The molecular weight excluding hydrogens is 280 g/mol. The maximum atomic E-state index is 4.51. The van der Waals surface area contributed by atoms with E-state index in [0.29, 0.717) is 5.95 Å². The lowest BCUT2D eigenvalue weighted by Gasteiger charge is -2.08. The molecule has 2 N–H and O–H groups in total. The Morgan fingerprint density at radius 1 is 1.10 bits per heavy atom. The van der Waals surface area contributed by atoms with Gasteiger partial charge in [-0.2, -0.15) is 4.98 Å². The van der Waals surface area contributed by atoms with Crippen molar-refractivity contribution < 1.29 is 0 Å². The molecule has 3 rings (SSSR count). The molecule has 0 aliphatic carbocycles. The highest BCUT2D eigenvalue weighted by molar-refractivity contribution is 7.16. The molecule has 1 aromatic carbocycles. The maximum Gasteiger partial charge on any atom is 0.225 e. The number of anilines is 2. The molecule has 0 aliphatic heterocycles. The van der Waals surface area contributed by atoms with Crippen molar-refractivity contribution in [3.63, 3.8) is 0 Å². The van der Waals surface area contributed by atoms with Crippen LogP contribution in [-0.2, 0) is 6.42 Å². The van der Waals surface area contributed by atoms with Gasteiger partial charge in [0.1, 0.15) is 10.6 Å². The second kappa shape index (κ2) is 6.54. The molecule has 0 aliphatic rings. The van der Waals surface area contributed by atoms with E-state index in [0.717, 1.165) is 35.4 Å². The van der Waals surface area contributed by atoms with Gasteiger partial charge in [0.2, 0.25) is 5.95 Å². The fraction of sp³-hybridized carbons (Fsp3) is 0.250. The van der Waals surface area contributed by atoms with Gasteiger partial charge in [0.15, 0.2) is 0 Å². The number of aromatic nitrogens is 2. The predicted molar refractivity (Wildman–Crippen MR) is 90.2 cm³/mol. The Morgan fingerprint density at radius 3 is 2.76 bits per heavy atom. The summed E-state index contributed by atoms with van der Waals surface area (Å²) in [6.07, 6.45) is 2.15. The average molecular weight is 298 g/mol. The van der Waals surface area contributed by atoms with Crippen LogP contribution in [0.15, 0.2) is 41.8 Å². The van der Waals surface area contributed by atoms with Gasteiger partial charge in [-0.25, -0.2) is 4.98 Å². The van der Waals surface area contributed by atoms with Crippen molar-refractivity contribution in [3.8, 4) is 0 Å². The van der Waals surface area contributed by atoms with Crippen molar-refractivity contribution in [2.45, 2.75) is 12.8 Å². The fourth-order valence-corrected chi connectivity index (χ4v) is 3.01. The van der Waals surface area contributed by atoms with Gasteiger partial charge in [-0.1, -0.05) is 30.3 Å². The minimum atomic E-state index is 0.663. The lowest BCUT2D eigenvalue weighted by molar-refractivity contribution is 0.860. The smallest absolute Gasteiger partial charge is 0.225 e. The Hall–Kier alpha value is -2.14. The molecule has 2 heterocycles. The van der Waals surface area contributed by atoms with E-state index in [4.69, 9.17) is 0 Å². The molecule has 4 nitrogen and oxygen atoms in total. The van der Waals surface area contributed by atoms with E-state index in [1.54, 1.807) is 11.3 Å². The molecule has 0 bridgehead atoms. The first kappa shape index (κ1) is 13.8. The van der Waals surface area contributed by atoms with Crippen molar-refractivity contribution in [3.05, 3.63) is 47.3 Å². The molecule has 0 saturated heterocycles. The monoisotopic (exact) mass is 298 g/mol. The lowest BCUT2D eigenvalue weighted by atomic mass is 10.1. The van der Waals surface area contributed by atoms with E-state index in [1.807, 2.05) is 12.4 Å². The highest BCUT2D eigenvalue weighted by atomic mass is 32.1. The summed E-state index contributed by atoms with van der Waals surface area (Å²) < 4.78 is 0. The van der Waals surface area contributed by atoms with Crippen LogP contribution in [-0.4, -0.2) is 23.6 Å². The fourth-order valence-electron chi connectivity index (χ4n) is 2.25. The Kier molecular flexibility index (Phi) is 4.31. The highest BCUT2D eigenvalue weighted by Crippen LogP contribution is 2.26. The van der Waals surface area contributed by atoms with Crippen LogP contribution in [0.25, 0.3) is 10.2 Å². The Bertz CT molecular complexity index is 709. The van der Waals surface area contributed by atoms with Crippen LogP contribution in [0, 0.1) is 0 Å². The SMILES string of the molecule is CNc1nc(NCCCc2ccccc2)c2ccsc2n1. The third-order valence-corrected chi connectivity index (χ3v) is 4.13. The number of thiophene rings is 1. The molecule has 0 saturated carbocycles. The maximum absolute atomic E-state index is 4.51. The van der Waals surface area contributed by atoms with Gasteiger partial charge in [0.25, 0.3) is 0 Å². The molecule has 0 fully saturated rings. The zero-order chi connectivity index (χ0) is 14.5. The van der Waals surface area contributed by atoms with Crippen LogP contribution in [0.3, 0.4) is 0 Å². The molecule has 0 radical (unpaired) electrons. The summed E-state index contributed by atoms with van der Waals surface area (Å²) in [5, 5.41) is 9.59. The first-order valence-corrected chi connectivity index (χ1v) is 7.95. The summed E-state index contributed by atoms with van der Waals surface area (Å²) in [5.74, 6) is 1.58. The minimum absolute atomic E-state index is 0.663. The molecule has 0 amide bonds. The van der Waals surface area contributed by atoms with Gasteiger partial charge in [0, 0.05) is 13.6 Å². The van der Waals surface area contributed by atoms with Gasteiger partial charge in [-0.15, -0.1) is 11.3 Å². The number of benzene rings is 1. The summed E-state index contributed by atoms with van der Waals surface area (Å²) in [4.78, 5) is 9.97. The molecule has 0 spiro atoms. The molecular formula is C16H18N4S. The van der Waals surface area contributed by atoms with E-state index in [9.17, 15) is 0 Å². The number of nitrogens with zero attached hydrogens (tertiary/aromatic N) is 2. The first-order chi connectivity index (χ1) is 10.4. The minimum Gasteiger partial charge on any atom is -0.369 e. The van der Waals surface area contributed by atoms with Crippen molar-refractivity contribution in [1.29, 1.82) is 0 Å². The van der Waals surface area contributed by atoms with Gasteiger partial charge in [-0.05, 0) is 29.9 Å². The summed E-state index contributed by atoms with van der Waals surface area (Å²) in [6, 6.07) is 12.6. The average Bonchev–Trinajstić information content (AvgIpc) is 3.00. The van der Waals surface area contributed by atoms with E-state index in [-0.39, 0.29) is 0 Å². The van der Waals surface area contributed by atoms with Crippen LogP contribution in [0.4, 0.5) is 11.8 Å². The number of aryl methyl sites for hydroxylation is 1. The summed E-state index contributed by atoms with van der Waals surface area (Å²) in [6.45, 7) is 0.903. The van der Waals surface area contributed by atoms with Gasteiger partial charge < -0.3 is 10.6 Å². The zero-order valence-electron chi connectivity index (χ0n) is 12.0. The molecule has 0 atom stereocenters. The second-order valence-corrected chi connectivity index (χ2v) is 5.70. The molecule has 3 aromatic rings. The third kappa shape index (κ3) is 3.31. The predicted octanol–water partition coefficient (Wildman–Crippen LogP) is 3.78. The molecule has 21 heavy (non-hydrogen) atoms. The van der Waals surface area contributed by atoms with E-state index < -0.39 is 0 Å². The summed E-state index contributed by atoms with van der Waals surface area (Å²) in [7, 11) is 1.84. The van der Waals surface area contributed by atoms with E-state index >= 15 is 0 Å². The summed E-state index contributed by atoms with van der Waals surface area (Å²) in [5.41, 5.74) is 1.37. The van der Waals surface area contributed by atoms with Crippen molar-refractivity contribution in [2.75, 3.05) is 24.2 Å². The van der Waals surface area contributed by atoms with Crippen molar-refractivity contribution in [2.24, 2.45) is 0 Å². The first-order valence-electron chi connectivity index (χ1n) is 7.07. The summed E-state index contributed by atoms with van der Waals surface area (Å²) >= 11 is 1.64. The Labute approximate surface area is 128 Å². The largest absolute Gasteiger partial charge is 0.369 e. The van der Waals surface area contributed by atoms with Crippen LogP contribution in [0.2, 0.25) is 0 Å². The number of hydrogen-bond donors (Lipinski definition) is 2. The van der Waals surface area contributed by atoms with Crippen molar-refractivity contribution in [1.82, 2.24) is 9.97 Å². The van der Waals surface area contributed by atoms with Gasteiger partial charge in [0.05, 0.1) is 5.39 Å². The normalized spacial score (nSPS) is 10.7. The zero-order valence-corrected chi connectivity index (χ0v) is 12.8. The van der Waals surface area contributed by atoms with Crippen LogP contribution in [0.1, 0.15) is 12.0 Å². The number of hydrogen-bond acceptors (Lipinski definition) is 5. The third-order valence-electron chi connectivity index (χ3n) is 3.33. The highest BCUT2D eigenvalue weighted by Gasteiger charge is 2.07. The standard InChI is InChI=1S/C16H18N4S/c1-17-16-19-14(13-9-11-21-15(13)20-16)18-10-5-8-12-6-3-2-4-7-12/h2-4,6-7,9,11H,5,8,10H2,1H3,(H2,17,18,19,20). The van der Waals surface area contributed by atoms with E-state index in [1.165, 1.54) is 5.56 Å². The molecule has 5 heteroatoms. The van der Waals surface area contributed by atoms with Crippen molar-refractivity contribution >= 4 is 33.3 Å². The van der Waals surface area contributed by atoms with Crippen LogP contribution < -0.4 is 10.6 Å². The quantitative estimate of drug-likeness (QED) is 0.680. The van der Waals surface area contributed by atoms with Gasteiger partial charge >= 0.3 is 0 Å². The molecule has 2 aromatic heterocycles. The lowest BCUT2D eigenvalue weighted by Crippen LogP contribution is -2.07. The van der Waals surface area contributed by atoms with Crippen LogP contribution >= 0.6 is 11.3 Å². The Morgan fingerprint density at radius 2 is 1.95 bits per heavy atom. The van der Waals surface area contributed by atoms with Gasteiger partial charge in [-0.3, -0.25) is 0 Å². The Balaban J connectivity index is 1.63. The number of fused-ring (bicyclic) bond motifs is 1. The number of rotatable bonds is 6. The van der Waals surface area contributed by atoms with E-state index in [2.05, 4.69) is 57.0 Å². The molecule has 0 unspecified atom stereocenters.